The lowest BCUT2D eigenvalue weighted by Gasteiger charge is -2.32. The number of thiazole rings is 1. The number of piperidine rings is 1. The molecule has 0 aromatic carbocycles. The second-order valence-electron chi connectivity index (χ2n) is 6.55. The summed E-state index contributed by atoms with van der Waals surface area (Å²) < 4.78 is 0. The highest BCUT2D eigenvalue weighted by Crippen LogP contribution is 2.24. The van der Waals surface area contributed by atoms with E-state index in [0.717, 1.165) is 46.4 Å². The number of carbonyl (C=O) groups excluding carboxylic acids is 1. The Hall–Kier alpha value is -2.13. The Morgan fingerprint density at radius 1 is 1.38 bits per heavy atom. The summed E-state index contributed by atoms with van der Waals surface area (Å²) in [6.07, 6.45) is 2.07. The van der Waals surface area contributed by atoms with Crippen molar-refractivity contribution in [1.29, 1.82) is 0 Å². The van der Waals surface area contributed by atoms with Crippen molar-refractivity contribution < 1.29 is 4.79 Å². The van der Waals surface area contributed by atoms with Crippen molar-refractivity contribution in [2.75, 3.05) is 13.1 Å². The fourth-order valence-electron chi connectivity index (χ4n) is 3.33. The predicted octanol–water partition coefficient (Wildman–Crippen LogP) is 3.03. The SMILES string of the molecule is Cc1nc(C)c(C(=O)N2CCC[C@H](Cn3nnc(-c4cccs4)n3)C2)s1. The molecule has 7 nitrogen and oxygen atoms in total. The second kappa shape index (κ2) is 7.24. The molecule has 3 aromatic rings. The number of aromatic nitrogens is 5. The zero-order valence-electron chi connectivity index (χ0n) is 14.8. The summed E-state index contributed by atoms with van der Waals surface area (Å²) in [7, 11) is 0. The van der Waals surface area contributed by atoms with Gasteiger partial charge < -0.3 is 4.90 Å². The fourth-order valence-corrected chi connectivity index (χ4v) is 4.86. The third kappa shape index (κ3) is 3.54. The molecule has 1 atom stereocenters. The molecule has 0 spiro atoms. The maximum absolute atomic E-state index is 12.8. The van der Waals surface area contributed by atoms with Crippen LogP contribution < -0.4 is 0 Å². The lowest BCUT2D eigenvalue weighted by molar-refractivity contribution is 0.0660. The summed E-state index contributed by atoms with van der Waals surface area (Å²) in [4.78, 5) is 22.6. The van der Waals surface area contributed by atoms with Gasteiger partial charge in [-0.2, -0.15) is 4.80 Å². The molecule has 1 fully saturated rings. The minimum Gasteiger partial charge on any atom is -0.338 e. The van der Waals surface area contributed by atoms with Crippen molar-refractivity contribution >= 4 is 28.6 Å². The number of hydrogen-bond donors (Lipinski definition) is 0. The monoisotopic (exact) mass is 388 g/mol. The number of carbonyl (C=O) groups is 1. The normalized spacial score (nSPS) is 17.6. The number of hydrogen-bond acceptors (Lipinski definition) is 7. The standard InChI is InChI=1S/C17H20N6OS2/c1-11-15(26-12(2)18-11)17(24)22-7-3-5-13(9-22)10-23-20-16(19-21-23)14-6-4-8-25-14/h4,6,8,13H,3,5,7,9-10H2,1-2H3/t13-/m0/s1. The average Bonchev–Trinajstić information content (AvgIpc) is 3.35. The summed E-state index contributed by atoms with van der Waals surface area (Å²) in [5, 5.41) is 15.8. The van der Waals surface area contributed by atoms with E-state index in [4.69, 9.17) is 0 Å². The van der Waals surface area contributed by atoms with E-state index in [0.29, 0.717) is 18.3 Å². The van der Waals surface area contributed by atoms with E-state index in [1.807, 2.05) is 36.3 Å². The van der Waals surface area contributed by atoms with Crippen LogP contribution in [0.5, 0.6) is 0 Å². The van der Waals surface area contributed by atoms with Crippen LogP contribution in [-0.4, -0.2) is 49.1 Å². The molecule has 0 saturated carbocycles. The van der Waals surface area contributed by atoms with E-state index >= 15 is 0 Å². The Morgan fingerprint density at radius 2 is 2.27 bits per heavy atom. The number of aryl methyl sites for hydroxylation is 2. The number of likely N-dealkylation sites (tertiary alicyclic amines) is 1. The second-order valence-corrected chi connectivity index (χ2v) is 8.70. The lowest BCUT2D eigenvalue weighted by Crippen LogP contribution is -2.41. The van der Waals surface area contributed by atoms with Gasteiger partial charge in [-0.25, -0.2) is 4.98 Å². The van der Waals surface area contributed by atoms with Crippen LogP contribution in [0.2, 0.25) is 0 Å². The van der Waals surface area contributed by atoms with Gasteiger partial charge in [0.1, 0.15) is 4.88 Å². The molecule has 4 heterocycles. The smallest absolute Gasteiger partial charge is 0.265 e. The van der Waals surface area contributed by atoms with Gasteiger partial charge >= 0.3 is 0 Å². The highest BCUT2D eigenvalue weighted by atomic mass is 32.1. The van der Waals surface area contributed by atoms with E-state index in [-0.39, 0.29) is 5.91 Å². The maximum atomic E-state index is 12.8. The molecule has 0 bridgehead atoms. The van der Waals surface area contributed by atoms with Crippen molar-refractivity contribution in [1.82, 2.24) is 30.1 Å². The molecule has 1 saturated heterocycles. The number of amides is 1. The van der Waals surface area contributed by atoms with Crippen LogP contribution in [-0.2, 0) is 6.54 Å². The molecule has 4 rings (SSSR count). The number of rotatable bonds is 4. The molecule has 0 N–H and O–H groups in total. The molecule has 136 valence electrons. The van der Waals surface area contributed by atoms with E-state index < -0.39 is 0 Å². The van der Waals surface area contributed by atoms with Crippen molar-refractivity contribution in [2.24, 2.45) is 5.92 Å². The van der Waals surface area contributed by atoms with Crippen LogP contribution in [0.25, 0.3) is 10.7 Å². The molecule has 1 amide bonds. The summed E-state index contributed by atoms with van der Waals surface area (Å²) in [5.41, 5.74) is 0.832. The van der Waals surface area contributed by atoms with Crippen molar-refractivity contribution in [3.8, 4) is 10.7 Å². The molecular formula is C17H20N6OS2. The number of nitrogens with zero attached hydrogens (tertiary/aromatic N) is 6. The molecule has 26 heavy (non-hydrogen) atoms. The molecule has 1 aliphatic heterocycles. The maximum Gasteiger partial charge on any atom is 0.265 e. The Labute approximate surface area is 159 Å². The van der Waals surface area contributed by atoms with E-state index in [2.05, 4.69) is 20.4 Å². The lowest BCUT2D eigenvalue weighted by atomic mass is 9.98. The summed E-state index contributed by atoms with van der Waals surface area (Å²) >= 11 is 3.09. The van der Waals surface area contributed by atoms with Gasteiger partial charge in [0.05, 0.1) is 22.1 Å². The van der Waals surface area contributed by atoms with Gasteiger partial charge in [-0.1, -0.05) is 6.07 Å². The number of thiophene rings is 1. The van der Waals surface area contributed by atoms with Gasteiger partial charge in [0, 0.05) is 13.1 Å². The highest BCUT2D eigenvalue weighted by Gasteiger charge is 2.27. The molecule has 0 unspecified atom stereocenters. The topological polar surface area (TPSA) is 76.8 Å². The molecule has 3 aromatic heterocycles. The van der Waals surface area contributed by atoms with Crippen LogP contribution in [0, 0.1) is 19.8 Å². The van der Waals surface area contributed by atoms with Gasteiger partial charge in [-0.3, -0.25) is 4.79 Å². The molecular weight excluding hydrogens is 368 g/mol. The summed E-state index contributed by atoms with van der Waals surface area (Å²) in [6.45, 7) is 6.06. The van der Waals surface area contributed by atoms with Gasteiger partial charge in [-0.15, -0.1) is 32.9 Å². The van der Waals surface area contributed by atoms with Gasteiger partial charge in [-0.05, 0) is 49.3 Å². The van der Waals surface area contributed by atoms with Crippen LogP contribution in [0.15, 0.2) is 17.5 Å². The third-order valence-electron chi connectivity index (χ3n) is 4.52. The first-order valence-corrected chi connectivity index (χ1v) is 10.3. The quantitative estimate of drug-likeness (QED) is 0.687. The van der Waals surface area contributed by atoms with E-state index in [1.165, 1.54) is 11.3 Å². The van der Waals surface area contributed by atoms with Crippen LogP contribution >= 0.6 is 22.7 Å². The summed E-state index contributed by atoms with van der Waals surface area (Å²) in [5.74, 6) is 1.11. The van der Waals surface area contributed by atoms with Crippen molar-refractivity contribution in [2.45, 2.75) is 33.2 Å². The predicted molar refractivity (Wildman–Crippen MR) is 101 cm³/mol. The largest absolute Gasteiger partial charge is 0.338 e. The first-order valence-electron chi connectivity index (χ1n) is 8.65. The zero-order chi connectivity index (χ0) is 18.1. The van der Waals surface area contributed by atoms with Gasteiger partial charge in [0.15, 0.2) is 0 Å². The van der Waals surface area contributed by atoms with E-state index in [9.17, 15) is 4.79 Å². The highest BCUT2D eigenvalue weighted by molar-refractivity contribution is 7.13. The Bertz CT molecular complexity index is 900. The average molecular weight is 389 g/mol. The Balaban J connectivity index is 1.42. The molecule has 9 heteroatoms. The first-order chi connectivity index (χ1) is 12.6. The van der Waals surface area contributed by atoms with Crippen molar-refractivity contribution in [3.05, 3.63) is 33.1 Å². The first kappa shape index (κ1) is 17.3. The third-order valence-corrected chi connectivity index (χ3v) is 6.45. The minimum absolute atomic E-state index is 0.101. The van der Waals surface area contributed by atoms with Gasteiger partial charge in [0.2, 0.25) is 5.82 Å². The van der Waals surface area contributed by atoms with Gasteiger partial charge in [0.25, 0.3) is 5.91 Å². The van der Waals surface area contributed by atoms with E-state index in [1.54, 1.807) is 16.1 Å². The van der Waals surface area contributed by atoms with Crippen LogP contribution in [0.3, 0.4) is 0 Å². The molecule has 0 aliphatic carbocycles. The van der Waals surface area contributed by atoms with Crippen LogP contribution in [0.4, 0.5) is 0 Å². The molecule has 0 radical (unpaired) electrons. The van der Waals surface area contributed by atoms with Crippen molar-refractivity contribution in [3.63, 3.8) is 0 Å². The fraction of sp³-hybridized carbons (Fsp3) is 0.471. The number of tetrazole rings is 1. The zero-order valence-corrected chi connectivity index (χ0v) is 16.4. The van der Waals surface area contributed by atoms with Crippen LogP contribution in [0.1, 0.15) is 33.2 Å². The Kier molecular flexibility index (Phi) is 4.82. The summed E-state index contributed by atoms with van der Waals surface area (Å²) in [6, 6.07) is 3.97. The Morgan fingerprint density at radius 3 is 3.00 bits per heavy atom. The minimum atomic E-state index is 0.101. The molecule has 1 aliphatic rings.